The van der Waals surface area contributed by atoms with Crippen molar-refractivity contribution in [1.29, 1.82) is 0 Å². The quantitative estimate of drug-likeness (QED) is 0.934. The molecule has 1 fully saturated rings. The lowest BCUT2D eigenvalue weighted by Crippen LogP contribution is -2.36. The summed E-state index contributed by atoms with van der Waals surface area (Å²) in [5.41, 5.74) is 0.779. The van der Waals surface area contributed by atoms with Gasteiger partial charge >= 0.3 is 5.97 Å². The van der Waals surface area contributed by atoms with Crippen LogP contribution in [0.25, 0.3) is 11.0 Å². The summed E-state index contributed by atoms with van der Waals surface area (Å²) in [6, 6.07) is 9.53. The number of carbonyl (C=O) groups is 2. The first-order valence-electron chi connectivity index (χ1n) is 7.15. The van der Waals surface area contributed by atoms with E-state index in [2.05, 4.69) is 0 Å². The van der Waals surface area contributed by atoms with Crippen LogP contribution < -0.4 is 0 Å². The number of hydrogen-bond acceptors (Lipinski definition) is 4. The average molecular weight is 303 g/mol. The van der Waals surface area contributed by atoms with Gasteiger partial charge in [-0.15, -0.1) is 0 Å². The van der Waals surface area contributed by atoms with Gasteiger partial charge in [0.15, 0.2) is 6.10 Å². The Morgan fingerprint density at radius 2 is 2.00 bits per heavy atom. The number of carboxylic acids is 1. The minimum Gasteiger partial charge on any atom is -0.479 e. The molecule has 2 atom stereocenters. The van der Waals surface area contributed by atoms with Crippen molar-refractivity contribution in [2.45, 2.75) is 31.6 Å². The molecule has 1 N–H and O–H groups in total. The highest BCUT2D eigenvalue weighted by atomic mass is 16.5. The molecule has 6 heteroatoms. The second-order valence-electron chi connectivity index (χ2n) is 5.47. The van der Waals surface area contributed by atoms with E-state index in [-0.39, 0.29) is 5.91 Å². The molecule has 1 aliphatic rings. The van der Waals surface area contributed by atoms with E-state index in [1.165, 1.54) is 4.90 Å². The van der Waals surface area contributed by atoms with Crippen molar-refractivity contribution in [3.63, 3.8) is 0 Å². The highest BCUT2D eigenvalue weighted by Gasteiger charge is 2.36. The third-order valence-electron chi connectivity index (χ3n) is 3.82. The lowest BCUT2D eigenvalue weighted by molar-refractivity contribution is -0.154. The molecular weight excluding hydrogens is 286 g/mol. The van der Waals surface area contributed by atoms with Gasteiger partial charge in [-0.3, -0.25) is 4.79 Å². The standard InChI is InChI=1S/C16H17NO5/c1-17(15(18)13-6-7-14(22-13)16(19)20)9-11-8-10-4-2-3-5-12(10)21-11/h2-5,8,13-14H,6-7,9H2,1H3,(H,19,20)/t13-,14+/m0/s1. The van der Waals surface area contributed by atoms with Gasteiger partial charge in [0.05, 0.1) is 6.54 Å². The molecule has 0 spiro atoms. The van der Waals surface area contributed by atoms with E-state index < -0.39 is 18.2 Å². The zero-order valence-corrected chi connectivity index (χ0v) is 12.2. The number of benzene rings is 1. The summed E-state index contributed by atoms with van der Waals surface area (Å²) >= 11 is 0. The summed E-state index contributed by atoms with van der Waals surface area (Å²) in [5.74, 6) is -0.552. The maximum atomic E-state index is 12.3. The topological polar surface area (TPSA) is 80.0 Å². The molecule has 1 aliphatic heterocycles. The molecule has 1 amide bonds. The van der Waals surface area contributed by atoms with Crippen LogP contribution in [0.2, 0.25) is 0 Å². The largest absolute Gasteiger partial charge is 0.479 e. The number of amides is 1. The number of hydrogen-bond donors (Lipinski definition) is 1. The third kappa shape index (κ3) is 2.82. The van der Waals surface area contributed by atoms with Gasteiger partial charge in [0.1, 0.15) is 17.4 Å². The van der Waals surface area contributed by atoms with Crippen LogP contribution in [0.3, 0.4) is 0 Å². The maximum Gasteiger partial charge on any atom is 0.332 e. The molecule has 6 nitrogen and oxygen atoms in total. The fourth-order valence-electron chi connectivity index (χ4n) is 2.67. The van der Waals surface area contributed by atoms with E-state index in [1.807, 2.05) is 30.3 Å². The predicted molar refractivity (Wildman–Crippen MR) is 78.2 cm³/mol. The number of rotatable bonds is 4. The molecule has 116 valence electrons. The second-order valence-corrected chi connectivity index (χ2v) is 5.47. The van der Waals surface area contributed by atoms with E-state index in [4.69, 9.17) is 14.3 Å². The number of carbonyl (C=O) groups excluding carboxylic acids is 1. The molecule has 22 heavy (non-hydrogen) atoms. The van der Waals surface area contributed by atoms with Gasteiger partial charge in [0.2, 0.25) is 0 Å². The SMILES string of the molecule is CN(Cc1cc2ccccc2o1)C(=O)[C@@H]1CC[C@H](C(=O)O)O1. The van der Waals surface area contributed by atoms with Crippen molar-refractivity contribution in [2.75, 3.05) is 7.05 Å². The highest BCUT2D eigenvalue weighted by molar-refractivity contribution is 5.83. The van der Waals surface area contributed by atoms with E-state index in [0.29, 0.717) is 25.1 Å². The van der Waals surface area contributed by atoms with Crippen molar-refractivity contribution in [2.24, 2.45) is 0 Å². The van der Waals surface area contributed by atoms with Crippen molar-refractivity contribution in [1.82, 2.24) is 4.90 Å². The van der Waals surface area contributed by atoms with E-state index in [0.717, 1.165) is 11.0 Å². The molecule has 0 unspecified atom stereocenters. The summed E-state index contributed by atoms with van der Waals surface area (Å²) in [6.07, 6.45) is -0.770. The minimum absolute atomic E-state index is 0.218. The Morgan fingerprint density at radius 1 is 1.27 bits per heavy atom. The lowest BCUT2D eigenvalue weighted by atomic mass is 10.2. The second kappa shape index (κ2) is 5.81. The fraction of sp³-hybridized carbons (Fsp3) is 0.375. The normalized spacial score (nSPS) is 21.1. The smallest absolute Gasteiger partial charge is 0.332 e. The van der Waals surface area contributed by atoms with Crippen LogP contribution in [0.1, 0.15) is 18.6 Å². The van der Waals surface area contributed by atoms with Crippen molar-refractivity contribution >= 4 is 22.8 Å². The summed E-state index contributed by atoms with van der Waals surface area (Å²) in [6.45, 7) is 0.325. The number of para-hydroxylation sites is 1. The van der Waals surface area contributed by atoms with Crippen molar-refractivity contribution in [3.05, 3.63) is 36.1 Å². The molecule has 0 saturated carbocycles. The zero-order valence-electron chi connectivity index (χ0n) is 12.2. The van der Waals surface area contributed by atoms with Crippen LogP contribution in [-0.2, 0) is 20.9 Å². The fourth-order valence-corrected chi connectivity index (χ4v) is 2.67. The van der Waals surface area contributed by atoms with Crippen LogP contribution in [0, 0.1) is 0 Å². The van der Waals surface area contributed by atoms with Crippen LogP contribution in [-0.4, -0.2) is 41.1 Å². The summed E-state index contributed by atoms with van der Waals surface area (Å²) in [4.78, 5) is 24.7. The van der Waals surface area contributed by atoms with Crippen LogP contribution >= 0.6 is 0 Å². The van der Waals surface area contributed by atoms with Gasteiger partial charge in [0.25, 0.3) is 5.91 Å². The van der Waals surface area contributed by atoms with E-state index in [1.54, 1.807) is 7.05 Å². The molecule has 3 rings (SSSR count). The number of ether oxygens (including phenoxy) is 1. The minimum atomic E-state index is -1.02. The van der Waals surface area contributed by atoms with Gasteiger partial charge < -0.3 is 19.2 Å². The average Bonchev–Trinajstić information content (AvgIpc) is 3.12. The Morgan fingerprint density at radius 3 is 2.68 bits per heavy atom. The van der Waals surface area contributed by atoms with Crippen LogP contribution in [0.4, 0.5) is 0 Å². The predicted octanol–water partition coefficient (Wildman–Crippen LogP) is 2.02. The molecule has 0 aliphatic carbocycles. The Bertz CT molecular complexity index is 674. The molecule has 1 aromatic heterocycles. The molecule has 2 heterocycles. The van der Waals surface area contributed by atoms with Crippen molar-refractivity contribution < 1.29 is 23.8 Å². The van der Waals surface area contributed by atoms with E-state index >= 15 is 0 Å². The highest BCUT2D eigenvalue weighted by Crippen LogP contribution is 2.23. The number of carboxylic acid groups (broad SMARTS) is 1. The first kappa shape index (κ1) is 14.6. The van der Waals surface area contributed by atoms with Crippen molar-refractivity contribution in [3.8, 4) is 0 Å². The number of likely N-dealkylation sites (N-methyl/N-ethyl adjacent to an activating group) is 1. The number of fused-ring (bicyclic) bond motifs is 1. The lowest BCUT2D eigenvalue weighted by Gasteiger charge is -2.19. The third-order valence-corrected chi connectivity index (χ3v) is 3.82. The molecule has 0 radical (unpaired) electrons. The Labute approximate surface area is 127 Å². The maximum absolute atomic E-state index is 12.3. The van der Waals surface area contributed by atoms with Crippen LogP contribution in [0.5, 0.6) is 0 Å². The first-order chi connectivity index (χ1) is 10.5. The molecule has 2 aromatic rings. The van der Waals surface area contributed by atoms with Gasteiger partial charge in [-0.1, -0.05) is 18.2 Å². The molecule has 1 aromatic carbocycles. The number of furan rings is 1. The van der Waals surface area contributed by atoms with Gasteiger partial charge in [-0.2, -0.15) is 0 Å². The summed E-state index contributed by atoms with van der Waals surface area (Å²) in [5, 5.41) is 9.89. The Hall–Kier alpha value is -2.34. The van der Waals surface area contributed by atoms with E-state index in [9.17, 15) is 9.59 Å². The zero-order chi connectivity index (χ0) is 15.7. The molecule has 0 bridgehead atoms. The van der Waals surface area contributed by atoms with Gasteiger partial charge in [0, 0.05) is 12.4 Å². The van der Waals surface area contributed by atoms with Gasteiger partial charge in [-0.05, 0) is 25.0 Å². The Balaban J connectivity index is 1.65. The number of nitrogens with zero attached hydrogens (tertiary/aromatic N) is 1. The molecule has 1 saturated heterocycles. The summed E-state index contributed by atoms with van der Waals surface area (Å²) < 4.78 is 11.0. The number of aliphatic carboxylic acids is 1. The van der Waals surface area contributed by atoms with Crippen LogP contribution in [0.15, 0.2) is 34.7 Å². The Kier molecular flexibility index (Phi) is 3.85. The van der Waals surface area contributed by atoms with Gasteiger partial charge in [-0.25, -0.2) is 4.79 Å². The monoisotopic (exact) mass is 303 g/mol. The summed E-state index contributed by atoms with van der Waals surface area (Å²) in [7, 11) is 1.66. The first-order valence-corrected chi connectivity index (χ1v) is 7.15. The molecular formula is C16H17NO5.